The molecule has 1 amide bonds. The van der Waals surface area contributed by atoms with Gasteiger partial charge in [-0.2, -0.15) is 0 Å². The lowest BCUT2D eigenvalue weighted by atomic mass is 10.0. The maximum atomic E-state index is 12.4. The third-order valence-corrected chi connectivity index (χ3v) is 7.74. The lowest BCUT2D eigenvalue weighted by molar-refractivity contribution is -0.111. The Hall–Kier alpha value is -4.39. The van der Waals surface area contributed by atoms with Crippen LogP contribution < -0.4 is 36.9 Å². The molecule has 12 nitrogen and oxygen atoms in total. The topological polar surface area (TPSA) is 152 Å². The Bertz CT molecular complexity index is 1360. The van der Waals surface area contributed by atoms with Crippen LogP contribution in [0.1, 0.15) is 24.0 Å². The number of amidine groups is 1. The highest BCUT2D eigenvalue weighted by atomic mass is 16.5. The maximum absolute atomic E-state index is 12.4. The predicted molar refractivity (Wildman–Crippen MR) is 176 cm³/mol. The lowest BCUT2D eigenvalue weighted by Gasteiger charge is -2.41. The summed E-state index contributed by atoms with van der Waals surface area (Å²) in [4.78, 5) is 21.3. The van der Waals surface area contributed by atoms with Crippen molar-refractivity contribution >= 4 is 46.4 Å². The van der Waals surface area contributed by atoms with Crippen molar-refractivity contribution in [1.29, 1.82) is 5.41 Å². The second-order valence-electron chi connectivity index (χ2n) is 10.3. The second kappa shape index (κ2) is 15.2. The van der Waals surface area contributed by atoms with Crippen LogP contribution in [-0.2, 0) is 9.53 Å². The van der Waals surface area contributed by atoms with E-state index in [1.807, 2.05) is 31.3 Å². The summed E-state index contributed by atoms with van der Waals surface area (Å²) in [7, 11) is 5.14. The lowest BCUT2D eigenvalue weighted by Crippen LogP contribution is -2.49. The van der Waals surface area contributed by atoms with Gasteiger partial charge in [-0.15, -0.1) is 0 Å². The van der Waals surface area contributed by atoms with Gasteiger partial charge in [-0.1, -0.05) is 18.7 Å². The van der Waals surface area contributed by atoms with Gasteiger partial charge in [-0.25, -0.2) is 0 Å². The van der Waals surface area contributed by atoms with Gasteiger partial charge >= 0.3 is 0 Å². The third-order valence-electron chi connectivity index (χ3n) is 7.74. The van der Waals surface area contributed by atoms with E-state index < -0.39 is 0 Å². The number of hydrogen-bond donors (Lipinski definition) is 6. The molecule has 7 N–H and O–H groups in total. The number of carbonyl (C=O) groups is 1. The number of amides is 1. The fourth-order valence-electron chi connectivity index (χ4n) is 5.52. The SMILES string of the molecule is C=CC(=O)Nc1cc(NC(=N)/C=C(\NN)c2ccc(/C=N\C)c(NC)c2)c(OC)cc1N1CCC(N2CCOCC2)CC1. The van der Waals surface area contributed by atoms with E-state index in [-0.39, 0.29) is 11.7 Å². The molecule has 2 heterocycles. The minimum atomic E-state index is -0.318. The van der Waals surface area contributed by atoms with Gasteiger partial charge in [-0.3, -0.25) is 25.9 Å². The van der Waals surface area contributed by atoms with E-state index >= 15 is 0 Å². The number of ether oxygens (including phenoxy) is 2. The first-order valence-corrected chi connectivity index (χ1v) is 14.4. The summed E-state index contributed by atoms with van der Waals surface area (Å²) < 4.78 is 11.3. The standard InChI is InChI=1S/C31H43N9O3/c1-5-31(41)37-26-17-27(36-30(32)18-25(38-33)21-6-7-22(20-34-2)24(16-21)35-3)29(42-4)19-28(26)40-10-8-23(9-11-40)39-12-14-43-15-13-39/h5-7,16-20,23,35,38H,1,8-15,33H2,2-4H3,(H2,32,36)(H,37,41)/b25-18-,34-20-. The molecule has 43 heavy (non-hydrogen) atoms. The molecule has 2 fully saturated rings. The summed E-state index contributed by atoms with van der Waals surface area (Å²) >= 11 is 0. The Morgan fingerprint density at radius 1 is 1.12 bits per heavy atom. The van der Waals surface area contributed by atoms with E-state index in [9.17, 15) is 4.79 Å². The Kier molecular flexibility index (Phi) is 11.1. The number of hydrogen-bond acceptors (Lipinski definition) is 10. The Balaban J connectivity index is 1.57. The summed E-state index contributed by atoms with van der Waals surface area (Å²) in [6.07, 6.45) is 6.64. The van der Waals surface area contributed by atoms with Gasteiger partial charge in [0, 0.05) is 81.5 Å². The fourth-order valence-corrected chi connectivity index (χ4v) is 5.52. The number of anilines is 4. The smallest absolute Gasteiger partial charge is 0.247 e. The molecule has 2 aliphatic heterocycles. The van der Waals surface area contributed by atoms with E-state index in [0.29, 0.717) is 28.9 Å². The van der Waals surface area contributed by atoms with Crippen LogP contribution in [0.3, 0.4) is 0 Å². The number of morpholine rings is 1. The molecule has 0 saturated carbocycles. The normalized spacial score (nSPS) is 16.6. The van der Waals surface area contributed by atoms with Crippen molar-refractivity contribution in [1.82, 2.24) is 10.3 Å². The second-order valence-corrected chi connectivity index (χ2v) is 10.3. The molecule has 0 radical (unpaired) electrons. The molecule has 2 saturated heterocycles. The summed E-state index contributed by atoms with van der Waals surface area (Å²) in [5.74, 6) is 6.15. The molecule has 12 heteroatoms. The van der Waals surface area contributed by atoms with Gasteiger partial charge in [0.15, 0.2) is 0 Å². The van der Waals surface area contributed by atoms with Gasteiger partial charge < -0.3 is 35.7 Å². The third kappa shape index (κ3) is 7.92. The molecule has 2 aliphatic rings. The fraction of sp³-hybridized carbons (Fsp3) is 0.387. The number of carbonyl (C=O) groups excluding carboxylic acids is 1. The summed E-state index contributed by atoms with van der Waals surface area (Å²) in [6.45, 7) is 8.81. The van der Waals surface area contributed by atoms with Crippen molar-refractivity contribution in [3.8, 4) is 5.75 Å². The number of methoxy groups -OCH3 is 1. The summed E-state index contributed by atoms with van der Waals surface area (Å²) in [5, 5.41) is 17.9. The molecule has 2 aromatic carbocycles. The highest BCUT2D eigenvalue weighted by Gasteiger charge is 2.28. The van der Waals surface area contributed by atoms with Crippen LogP contribution in [0.15, 0.2) is 54.1 Å². The quantitative estimate of drug-likeness (QED) is 0.0763. The van der Waals surface area contributed by atoms with E-state index in [0.717, 1.165) is 74.7 Å². The predicted octanol–water partition coefficient (Wildman–Crippen LogP) is 3.10. The molecule has 0 atom stereocenters. The van der Waals surface area contributed by atoms with Gasteiger partial charge in [-0.05, 0) is 31.1 Å². The number of piperidine rings is 1. The van der Waals surface area contributed by atoms with Crippen LogP contribution in [0.5, 0.6) is 5.75 Å². The molecule has 0 bridgehead atoms. The molecule has 4 rings (SSSR count). The van der Waals surface area contributed by atoms with Crippen molar-refractivity contribution in [3.05, 3.63) is 60.2 Å². The van der Waals surface area contributed by atoms with Crippen LogP contribution in [0.4, 0.5) is 22.7 Å². The first-order valence-electron chi connectivity index (χ1n) is 14.4. The van der Waals surface area contributed by atoms with E-state index in [1.165, 1.54) is 6.08 Å². The van der Waals surface area contributed by atoms with Gasteiger partial charge in [0.1, 0.15) is 11.6 Å². The number of nitrogens with two attached hydrogens (primary N) is 1. The number of benzene rings is 2. The zero-order chi connectivity index (χ0) is 30.8. The average molecular weight is 590 g/mol. The Labute approximate surface area is 253 Å². The van der Waals surface area contributed by atoms with Crippen molar-refractivity contribution in [2.45, 2.75) is 18.9 Å². The Morgan fingerprint density at radius 3 is 2.49 bits per heavy atom. The number of nitrogens with zero attached hydrogens (tertiary/aromatic N) is 3. The first-order chi connectivity index (χ1) is 20.9. The zero-order valence-corrected chi connectivity index (χ0v) is 25.2. The number of aliphatic imine (C=N–C) groups is 1. The van der Waals surface area contributed by atoms with Crippen LogP contribution in [0.2, 0.25) is 0 Å². The number of nitrogens with one attached hydrogen (secondary N) is 5. The van der Waals surface area contributed by atoms with Crippen LogP contribution in [0.25, 0.3) is 5.70 Å². The summed E-state index contributed by atoms with van der Waals surface area (Å²) in [5.41, 5.74) is 7.82. The molecule has 0 spiro atoms. The van der Waals surface area contributed by atoms with Gasteiger partial charge in [0.2, 0.25) is 5.91 Å². The molecule has 2 aromatic rings. The molecule has 0 unspecified atom stereocenters. The highest BCUT2D eigenvalue weighted by molar-refractivity contribution is 6.08. The molecular weight excluding hydrogens is 546 g/mol. The first kappa shape index (κ1) is 31.5. The van der Waals surface area contributed by atoms with Crippen molar-refractivity contribution in [3.63, 3.8) is 0 Å². The Morgan fingerprint density at radius 2 is 1.86 bits per heavy atom. The highest BCUT2D eigenvalue weighted by Crippen LogP contribution is 2.39. The largest absolute Gasteiger partial charge is 0.494 e. The van der Waals surface area contributed by atoms with E-state index in [4.69, 9.17) is 20.7 Å². The van der Waals surface area contributed by atoms with Crippen LogP contribution in [-0.4, -0.2) is 89.5 Å². The van der Waals surface area contributed by atoms with Crippen LogP contribution >= 0.6 is 0 Å². The maximum Gasteiger partial charge on any atom is 0.247 e. The summed E-state index contributed by atoms with van der Waals surface area (Å²) in [6, 6.07) is 9.97. The molecule has 0 aliphatic carbocycles. The van der Waals surface area contributed by atoms with Crippen molar-refractivity contribution < 1.29 is 14.3 Å². The monoisotopic (exact) mass is 589 g/mol. The van der Waals surface area contributed by atoms with Crippen molar-refractivity contribution in [2.24, 2.45) is 10.8 Å². The van der Waals surface area contributed by atoms with Crippen LogP contribution in [0, 0.1) is 5.41 Å². The van der Waals surface area contributed by atoms with Gasteiger partial charge in [0.05, 0.1) is 43.1 Å². The number of hydrazine groups is 1. The number of rotatable bonds is 11. The molecular formula is C31H43N9O3. The van der Waals surface area contributed by atoms with Crippen molar-refractivity contribution in [2.75, 3.05) is 81.4 Å². The molecule has 230 valence electrons. The zero-order valence-electron chi connectivity index (χ0n) is 25.2. The minimum Gasteiger partial charge on any atom is -0.494 e. The molecule has 0 aromatic heterocycles. The van der Waals surface area contributed by atoms with E-state index in [2.05, 4.69) is 42.7 Å². The minimum absolute atomic E-state index is 0.0662. The average Bonchev–Trinajstić information content (AvgIpc) is 3.04. The van der Waals surface area contributed by atoms with Gasteiger partial charge in [0.25, 0.3) is 0 Å². The van der Waals surface area contributed by atoms with E-state index in [1.54, 1.807) is 32.5 Å².